The van der Waals surface area contributed by atoms with E-state index < -0.39 is 11.9 Å². The van der Waals surface area contributed by atoms with Gasteiger partial charge in [0.2, 0.25) is 0 Å². The third kappa shape index (κ3) is 4.28. The van der Waals surface area contributed by atoms with E-state index >= 15 is 0 Å². The average molecular weight is 439 g/mol. The van der Waals surface area contributed by atoms with Gasteiger partial charge in [0.05, 0.1) is 27.0 Å². The first-order chi connectivity index (χ1) is 15.3. The van der Waals surface area contributed by atoms with Crippen LogP contribution in [-0.4, -0.2) is 67.2 Å². The molecular weight excluding hydrogens is 414 g/mol. The zero-order valence-corrected chi connectivity index (χ0v) is 18.6. The molecule has 9 nitrogen and oxygen atoms in total. The highest BCUT2D eigenvalue weighted by Gasteiger charge is 2.32. The van der Waals surface area contributed by atoms with Gasteiger partial charge < -0.3 is 24.2 Å². The summed E-state index contributed by atoms with van der Waals surface area (Å²) >= 11 is 0. The van der Waals surface area contributed by atoms with Crippen molar-refractivity contribution in [3.63, 3.8) is 0 Å². The molecule has 3 aromatic rings. The Kier molecular flexibility index (Phi) is 6.79. The van der Waals surface area contributed by atoms with Crippen molar-refractivity contribution in [2.45, 2.75) is 6.54 Å². The van der Waals surface area contributed by atoms with Gasteiger partial charge in [-0.1, -0.05) is 18.2 Å². The van der Waals surface area contributed by atoms with Crippen LogP contribution in [0.3, 0.4) is 0 Å². The van der Waals surface area contributed by atoms with E-state index in [1.54, 1.807) is 36.4 Å². The van der Waals surface area contributed by atoms with Crippen LogP contribution in [0, 0.1) is 0 Å². The summed E-state index contributed by atoms with van der Waals surface area (Å²) < 4.78 is 16.6. The van der Waals surface area contributed by atoms with Crippen LogP contribution in [0.25, 0.3) is 16.9 Å². The molecule has 1 heterocycles. The number of methoxy groups -OCH3 is 3. The summed E-state index contributed by atoms with van der Waals surface area (Å²) in [7, 11) is 7.60. The lowest BCUT2D eigenvalue weighted by Crippen LogP contribution is -2.15. The van der Waals surface area contributed by atoms with Crippen LogP contribution >= 0.6 is 0 Å². The maximum atomic E-state index is 12.8. The Morgan fingerprint density at radius 3 is 2.25 bits per heavy atom. The molecular formula is C23H25N3O6. The van der Waals surface area contributed by atoms with E-state index in [0.717, 1.165) is 0 Å². The van der Waals surface area contributed by atoms with E-state index in [4.69, 9.17) is 14.2 Å². The van der Waals surface area contributed by atoms with Crippen molar-refractivity contribution < 1.29 is 28.9 Å². The number of hydrogen-bond donors (Lipinski definition) is 1. The number of esters is 2. The summed E-state index contributed by atoms with van der Waals surface area (Å²) in [5.74, 6) is -1.29. The number of phenols is 1. The molecule has 0 saturated carbocycles. The van der Waals surface area contributed by atoms with Gasteiger partial charge in [-0.25, -0.2) is 14.3 Å². The van der Waals surface area contributed by atoms with Gasteiger partial charge >= 0.3 is 11.9 Å². The predicted octanol–water partition coefficient (Wildman–Crippen LogP) is 2.89. The van der Waals surface area contributed by atoms with Crippen molar-refractivity contribution in [3.8, 4) is 28.4 Å². The molecule has 0 atom stereocenters. The number of para-hydroxylation sites is 1. The molecule has 1 N–H and O–H groups in total. The fourth-order valence-corrected chi connectivity index (χ4v) is 3.38. The van der Waals surface area contributed by atoms with Gasteiger partial charge in [-0.2, -0.15) is 5.10 Å². The van der Waals surface area contributed by atoms with Gasteiger partial charge in [0, 0.05) is 17.7 Å². The molecule has 0 aliphatic rings. The van der Waals surface area contributed by atoms with Crippen LogP contribution in [0.1, 0.15) is 26.4 Å². The van der Waals surface area contributed by atoms with Crippen LogP contribution in [0.2, 0.25) is 0 Å². The van der Waals surface area contributed by atoms with Crippen molar-refractivity contribution in [1.29, 1.82) is 0 Å². The van der Waals surface area contributed by atoms with Crippen molar-refractivity contribution in [3.05, 3.63) is 59.3 Å². The molecule has 168 valence electrons. The smallest absolute Gasteiger partial charge is 0.357 e. The summed E-state index contributed by atoms with van der Waals surface area (Å²) in [6, 6.07) is 12.1. The Bertz CT molecular complexity index is 1140. The van der Waals surface area contributed by atoms with Crippen LogP contribution in [0.4, 0.5) is 0 Å². The van der Waals surface area contributed by atoms with E-state index in [-0.39, 0.29) is 28.5 Å². The van der Waals surface area contributed by atoms with E-state index in [1.807, 2.05) is 25.1 Å². The second-order valence-electron chi connectivity index (χ2n) is 7.23. The van der Waals surface area contributed by atoms with Crippen LogP contribution in [0.5, 0.6) is 11.5 Å². The predicted molar refractivity (Wildman–Crippen MR) is 117 cm³/mol. The van der Waals surface area contributed by atoms with Gasteiger partial charge in [0.25, 0.3) is 0 Å². The molecule has 3 rings (SSSR count). The Morgan fingerprint density at radius 2 is 1.69 bits per heavy atom. The zero-order chi connectivity index (χ0) is 23.4. The van der Waals surface area contributed by atoms with E-state index in [2.05, 4.69) is 5.10 Å². The highest BCUT2D eigenvalue weighted by Crippen LogP contribution is 2.38. The van der Waals surface area contributed by atoms with Gasteiger partial charge in [-0.05, 0) is 38.4 Å². The Hall–Kier alpha value is -3.85. The lowest BCUT2D eigenvalue weighted by molar-refractivity contribution is 0.0549. The molecule has 0 amide bonds. The summed E-state index contributed by atoms with van der Waals surface area (Å²) in [6.07, 6.45) is 0. The fourth-order valence-electron chi connectivity index (χ4n) is 3.38. The molecule has 1 aromatic heterocycles. The first kappa shape index (κ1) is 22.8. The Labute approximate surface area is 185 Å². The molecule has 0 unspecified atom stereocenters. The molecule has 32 heavy (non-hydrogen) atoms. The third-order valence-electron chi connectivity index (χ3n) is 4.79. The number of aromatic hydroxyl groups is 1. The highest BCUT2D eigenvalue weighted by molar-refractivity contribution is 6.07. The minimum absolute atomic E-state index is 0.0137. The molecule has 2 aromatic carbocycles. The Balaban J connectivity index is 2.37. The van der Waals surface area contributed by atoms with Crippen LogP contribution < -0.4 is 4.74 Å². The van der Waals surface area contributed by atoms with Gasteiger partial charge in [-0.15, -0.1) is 0 Å². The lowest BCUT2D eigenvalue weighted by atomic mass is 10.0. The molecule has 0 saturated heterocycles. The minimum Gasteiger partial charge on any atom is -0.504 e. The molecule has 0 spiro atoms. The van der Waals surface area contributed by atoms with E-state index in [0.29, 0.717) is 23.4 Å². The number of ether oxygens (including phenoxy) is 3. The van der Waals surface area contributed by atoms with Gasteiger partial charge in [0.15, 0.2) is 17.2 Å². The van der Waals surface area contributed by atoms with Gasteiger partial charge in [-0.3, -0.25) is 0 Å². The summed E-state index contributed by atoms with van der Waals surface area (Å²) in [6.45, 7) is 0.410. The molecule has 0 radical (unpaired) electrons. The second kappa shape index (κ2) is 9.52. The standard InChI is InChI=1S/C23H25N3O6/c1-25(2)13-15-11-14(12-17(30-3)21(15)27)19-18(22(28)31-4)20(23(29)32-5)26(24-19)16-9-7-6-8-10-16/h6-12,27H,13H2,1-5H3. The monoisotopic (exact) mass is 439 g/mol. The normalized spacial score (nSPS) is 10.8. The van der Waals surface area contributed by atoms with Crippen LogP contribution in [-0.2, 0) is 16.0 Å². The topological polar surface area (TPSA) is 103 Å². The van der Waals surface area contributed by atoms with Crippen molar-refractivity contribution in [2.24, 2.45) is 0 Å². The van der Waals surface area contributed by atoms with E-state index in [1.165, 1.54) is 26.0 Å². The third-order valence-corrected chi connectivity index (χ3v) is 4.79. The number of phenolic OH excluding ortho intramolecular Hbond substituents is 1. The number of benzene rings is 2. The van der Waals surface area contributed by atoms with E-state index in [9.17, 15) is 14.7 Å². The minimum atomic E-state index is -0.746. The fraction of sp³-hybridized carbons (Fsp3) is 0.261. The first-order valence-electron chi connectivity index (χ1n) is 9.72. The summed E-state index contributed by atoms with van der Waals surface area (Å²) in [4.78, 5) is 27.4. The molecule has 0 bridgehead atoms. The molecule has 0 aliphatic heterocycles. The lowest BCUT2D eigenvalue weighted by Gasteiger charge is -2.15. The quantitative estimate of drug-likeness (QED) is 0.561. The number of aromatic nitrogens is 2. The maximum Gasteiger partial charge on any atom is 0.357 e. The van der Waals surface area contributed by atoms with Crippen molar-refractivity contribution in [1.82, 2.24) is 14.7 Å². The number of hydrogen-bond acceptors (Lipinski definition) is 8. The molecule has 0 fully saturated rings. The maximum absolute atomic E-state index is 12.8. The average Bonchev–Trinajstić information content (AvgIpc) is 3.20. The SMILES string of the molecule is COC(=O)c1c(-c2cc(CN(C)C)c(O)c(OC)c2)nn(-c2ccccc2)c1C(=O)OC. The summed E-state index contributed by atoms with van der Waals surface area (Å²) in [5, 5.41) is 15.1. The number of rotatable bonds is 7. The van der Waals surface area contributed by atoms with Crippen LogP contribution in [0.15, 0.2) is 42.5 Å². The summed E-state index contributed by atoms with van der Waals surface area (Å²) in [5.41, 5.74) is 1.67. The number of carbonyl (C=O) groups is 2. The first-order valence-corrected chi connectivity index (χ1v) is 9.72. The van der Waals surface area contributed by atoms with Crippen molar-refractivity contribution >= 4 is 11.9 Å². The molecule has 0 aliphatic carbocycles. The zero-order valence-electron chi connectivity index (χ0n) is 18.6. The highest BCUT2D eigenvalue weighted by atomic mass is 16.5. The van der Waals surface area contributed by atoms with Gasteiger partial charge in [0.1, 0.15) is 11.3 Å². The second-order valence-corrected chi connectivity index (χ2v) is 7.23. The number of carbonyl (C=O) groups excluding carboxylic acids is 2. The Morgan fingerprint density at radius 1 is 1.03 bits per heavy atom. The molecule has 9 heteroatoms. The van der Waals surface area contributed by atoms with Crippen molar-refractivity contribution in [2.75, 3.05) is 35.4 Å². The number of nitrogens with zero attached hydrogens (tertiary/aromatic N) is 3. The largest absolute Gasteiger partial charge is 0.504 e.